The van der Waals surface area contributed by atoms with Gasteiger partial charge in [0.15, 0.2) is 0 Å². The molecule has 0 aromatic carbocycles. The Labute approximate surface area is 285 Å². The maximum absolute atomic E-state index is 11.3. The van der Waals surface area contributed by atoms with E-state index in [2.05, 4.69) is 33.8 Å². The maximum Gasteiger partial charge on any atom is 1.00 e. The van der Waals surface area contributed by atoms with Crippen molar-refractivity contribution in [2.24, 2.45) is 46.3 Å². The van der Waals surface area contributed by atoms with E-state index in [4.69, 9.17) is 8.37 Å². The average Bonchev–Trinajstić information content (AvgIpc) is 3.12. The van der Waals surface area contributed by atoms with Gasteiger partial charge in [-0.1, -0.05) is 52.2 Å². The van der Waals surface area contributed by atoms with Crippen LogP contribution in [0.15, 0.2) is 11.6 Å². The van der Waals surface area contributed by atoms with E-state index in [1.807, 2.05) is 0 Å². The van der Waals surface area contributed by atoms with E-state index in [9.17, 15) is 31.0 Å². The number of allylic oxidation sites excluding steroid dienone is 1. The van der Waals surface area contributed by atoms with E-state index in [1.54, 1.807) is 0 Å². The topological polar surface area (TPSA) is 153 Å². The minimum absolute atomic E-state index is 0. The third-order valence-corrected chi connectivity index (χ3v) is 11.8. The Morgan fingerprint density at radius 3 is 2.30 bits per heavy atom. The number of hydrogen-bond donors (Lipinski definition) is 1. The zero-order valence-corrected chi connectivity index (χ0v) is 30.6. The van der Waals surface area contributed by atoms with Gasteiger partial charge in [0.2, 0.25) is 20.8 Å². The van der Waals surface area contributed by atoms with Crippen molar-refractivity contribution >= 4 is 20.8 Å². The van der Waals surface area contributed by atoms with Gasteiger partial charge in [0, 0.05) is 11.8 Å². The molecule has 40 heavy (non-hydrogen) atoms. The largest absolute Gasteiger partial charge is 1.00 e. The fourth-order valence-corrected chi connectivity index (χ4v) is 9.92. The van der Waals surface area contributed by atoms with Crippen molar-refractivity contribution in [3.8, 4) is 0 Å². The number of rotatable bonds is 10. The fourth-order valence-electron chi connectivity index (χ4n) is 9.10. The van der Waals surface area contributed by atoms with Gasteiger partial charge in [0.05, 0.1) is 18.8 Å². The van der Waals surface area contributed by atoms with Crippen molar-refractivity contribution in [1.29, 1.82) is 0 Å². The molecule has 4 aliphatic rings. The minimum atomic E-state index is -4.84. The summed E-state index contributed by atoms with van der Waals surface area (Å²) < 4.78 is 77.1. The minimum Gasteiger partial charge on any atom is -0.726 e. The van der Waals surface area contributed by atoms with E-state index >= 15 is 0 Å². The molecule has 220 valence electrons. The molecule has 0 aliphatic heterocycles. The van der Waals surface area contributed by atoms with Gasteiger partial charge in [-0.15, -0.1) is 0 Å². The van der Waals surface area contributed by atoms with Crippen molar-refractivity contribution in [1.82, 2.24) is 0 Å². The molecule has 0 heterocycles. The molecule has 1 N–H and O–H groups in total. The van der Waals surface area contributed by atoms with Crippen LogP contribution in [0.1, 0.15) is 91.9 Å². The van der Waals surface area contributed by atoms with Crippen molar-refractivity contribution in [3.63, 3.8) is 0 Å². The molecule has 0 radical (unpaired) electrons. The smallest absolute Gasteiger partial charge is 0.726 e. The first-order chi connectivity index (χ1) is 17.5. The molecule has 0 unspecified atom stereocenters. The van der Waals surface area contributed by atoms with Gasteiger partial charge < -0.3 is 14.2 Å². The Morgan fingerprint density at radius 1 is 1.02 bits per heavy atom. The predicted molar refractivity (Wildman–Crippen MR) is 139 cm³/mol. The number of aliphatic hydroxyl groups excluding tert-OH is 1. The summed E-state index contributed by atoms with van der Waals surface area (Å²) in [6.45, 7) is 8.69. The van der Waals surface area contributed by atoms with E-state index in [0.717, 1.165) is 56.9 Å². The van der Waals surface area contributed by atoms with Gasteiger partial charge in [0.25, 0.3) is 0 Å². The molecule has 3 saturated carbocycles. The van der Waals surface area contributed by atoms with Crippen LogP contribution in [0.4, 0.5) is 0 Å². The van der Waals surface area contributed by atoms with Crippen LogP contribution in [0.3, 0.4) is 0 Å². The first kappa shape index (κ1) is 37.6. The molecular formula is C27H44Na2O9S2. The monoisotopic (exact) mass is 622 g/mol. The van der Waals surface area contributed by atoms with Gasteiger partial charge in [-0.25, -0.2) is 16.8 Å². The average molecular weight is 623 g/mol. The summed E-state index contributed by atoms with van der Waals surface area (Å²) in [6, 6.07) is 0. The Kier molecular flexibility index (Phi) is 13.4. The Balaban J connectivity index is 0.00000280. The van der Waals surface area contributed by atoms with E-state index in [0.29, 0.717) is 24.2 Å². The zero-order valence-electron chi connectivity index (χ0n) is 25.0. The third-order valence-electron chi connectivity index (χ3n) is 10.8. The van der Waals surface area contributed by atoms with Crippen LogP contribution in [-0.2, 0) is 29.2 Å². The molecule has 0 aromatic heterocycles. The zero-order chi connectivity index (χ0) is 28.1. The number of aliphatic hydroxyl groups is 1. The van der Waals surface area contributed by atoms with Crippen LogP contribution >= 0.6 is 0 Å². The molecule has 0 bridgehead atoms. The Bertz CT molecular complexity index is 1110. The molecule has 9 atom stereocenters. The van der Waals surface area contributed by atoms with Crippen LogP contribution < -0.4 is 59.1 Å². The van der Waals surface area contributed by atoms with E-state index < -0.39 is 38.4 Å². The summed E-state index contributed by atoms with van der Waals surface area (Å²) >= 11 is 0. The SMILES string of the molecule is CC(C)CCC[C@@H](COS(=O)(=O)[O-])[C@H]1CC[C@H]2[C@@H]3CC=C4C[C@H](OS(=O)(=O)[O-])C[C@@H](O)[C@]4(C)[C@H]3CC[C@]12C.[Na+].[Na+]. The standard InChI is InChI=1S/C27H46O9S2.2Na/c1-17(2)6-5-7-18(16-35-37(29,30)31)22-10-11-23-21-9-8-19-14-20(36-38(32,33)34)15-25(28)27(19,4)24(21)12-13-26(22,23)3;;/h8,17-18,20-25,28H,5-7,9-16H2,1-4H3,(H,29,30,31)(H,32,33,34);;/q;2*+1/p-2/t18-,20-,21-,22+,23-,24-,25+,26+,27-;;/m0../s1. The normalized spacial score (nSPS) is 38.2. The molecule has 0 saturated heterocycles. The summed E-state index contributed by atoms with van der Waals surface area (Å²) in [4.78, 5) is 0. The van der Waals surface area contributed by atoms with Crippen molar-refractivity contribution in [3.05, 3.63) is 11.6 Å². The molecule has 3 fully saturated rings. The van der Waals surface area contributed by atoms with Crippen LogP contribution in [0.25, 0.3) is 0 Å². The third kappa shape index (κ3) is 8.17. The number of fused-ring (bicyclic) bond motifs is 5. The Morgan fingerprint density at radius 2 is 1.70 bits per heavy atom. The second kappa shape index (κ2) is 14.3. The molecule has 0 spiro atoms. The van der Waals surface area contributed by atoms with Crippen molar-refractivity contribution in [2.75, 3.05) is 6.61 Å². The molecule has 0 amide bonds. The fraction of sp³-hybridized carbons (Fsp3) is 0.926. The molecule has 4 aliphatic carbocycles. The summed E-state index contributed by atoms with van der Waals surface area (Å²) in [7, 11) is -9.60. The van der Waals surface area contributed by atoms with Crippen LogP contribution in [0.5, 0.6) is 0 Å². The number of hydrogen-bond acceptors (Lipinski definition) is 9. The van der Waals surface area contributed by atoms with Crippen LogP contribution in [-0.4, -0.2) is 49.9 Å². The van der Waals surface area contributed by atoms with Gasteiger partial charge >= 0.3 is 59.1 Å². The first-order valence-corrected chi connectivity index (χ1v) is 16.8. The van der Waals surface area contributed by atoms with Crippen LogP contribution in [0.2, 0.25) is 0 Å². The molecule has 13 heteroatoms. The van der Waals surface area contributed by atoms with Crippen molar-refractivity contribution < 1.29 is 98.5 Å². The second-order valence-corrected chi connectivity index (χ2v) is 15.3. The molecule has 9 nitrogen and oxygen atoms in total. The summed E-state index contributed by atoms with van der Waals surface area (Å²) in [6.07, 6.45) is 8.45. The predicted octanol–water partition coefficient (Wildman–Crippen LogP) is -1.69. The molecule has 4 rings (SSSR count). The summed E-state index contributed by atoms with van der Waals surface area (Å²) in [5.74, 6) is 1.80. The van der Waals surface area contributed by atoms with Gasteiger partial charge in [-0.3, -0.25) is 8.37 Å². The van der Waals surface area contributed by atoms with E-state index in [-0.39, 0.29) is 95.3 Å². The van der Waals surface area contributed by atoms with E-state index in [1.165, 1.54) is 0 Å². The Hall–Kier alpha value is 1.44. The molecule has 0 aromatic rings. The maximum atomic E-state index is 11.3. The van der Waals surface area contributed by atoms with Gasteiger partial charge in [-0.05, 0) is 85.9 Å². The molecular weight excluding hydrogens is 578 g/mol. The second-order valence-electron chi connectivity index (χ2n) is 13.2. The van der Waals surface area contributed by atoms with Crippen LogP contribution in [0, 0.1) is 46.3 Å². The van der Waals surface area contributed by atoms with Gasteiger partial charge in [0.1, 0.15) is 0 Å². The first-order valence-electron chi connectivity index (χ1n) is 14.2. The van der Waals surface area contributed by atoms with Gasteiger partial charge in [-0.2, -0.15) is 0 Å². The van der Waals surface area contributed by atoms with Crippen molar-refractivity contribution in [2.45, 2.75) is 104 Å². The summed E-state index contributed by atoms with van der Waals surface area (Å²) in [5, 5.41) is 11.3. The quantitative estimate of drug-likeness (QED) is 0.130. The summed E-state index contributed by atoms with van der Waals surface area (Å²) in [5.41, 5.74) is 0.485.